The van der Waals surface area contributed by atoms with Crippen LogP contribution < -0.4 is 0 Å². The van der Waals surface area contributed by atoms with Gasteiger partial charge in [-0.2, -0.15) is 4.98 Å². The van der Waals surface area contributed by atoms with Crippen LogP contribution in [0.3, 0.4) is 0 Å². The van der Waals surface area contributed by atoms with Gasteiger partial charge < -0.3 is 9.63 Å². The predicted molar refractivity (Wildman–Crippen MR) is 124 cm³/mol. The maximum absolute atomic E-state index is 13.0. The summed E-state index contributed by atoms with van der Waals surface area (Å²) in [5.74, 6) is 0.326. The van der Waals surface area contributed by atoms with Crippen LogP contribution in [0.5, 0.6) is 0 Å². The summed E-state index contributed by atoms with van der Waals surface area (Å²) in [5.41, 5.74) is 2.24. The topological polar surface area (TPSA) is 109 Å². The highest BCUT2D eigenvalue weighted by atomic mass is 16.5. The number of aliphatic carboxylic acids is 1. The monoisotopic (exact) mass is 460 g/mol. The number of likely N-dealkylation sites (tertiary alicyclic amines) is 1. The summed E-state index contributed by atoms with van der Waals surface area (Å²) in [5, 5.41) is 13.2. The van der Waals surface area contributed by atoms with Crippen LogP contribution in [0.25, 0.3) is 11.4 Å². The van der Waals surface area contributed by atoms with E-state index in [0.29, 0.717) is 44.1 Å². The fourth-order valence-corrected chi connectivity index (χ4v) is 5.07. The van der Waals surface area contributed by atoms with Crippen molar-refractivity contribution in [1.29, 1.82) is 0 Å². The van der Waals surface area contributed by atoms with Crippen molar-refractivity contribution in [2.75, 3.05) is 13.1 Å². The molecule has 2 aliphatic rings. The van der Waals surface area contributed by atoms with E-state index in [1.807, 2.05) is 42.5 Å². The van der Waals surface area contributed by atoms with Gasteiger partial charge in [0.25, 0.3) is 0 Å². The van der Waals surface area contributed by atoms with E-state index in [9.17, 15) is 9.59 Å². The third-order valence-electron chi connectivity index (χ3n) is 7.10. The van der Waals surface area contributed by atoms with Gasteiger partial charge in [-0.3, -0.25) is 19.5 Å². The van der Waals surface area contributed by atoms with Crippen LogP contribution in [-0.4, -0.2) is 50.0 Å². The minimum atomic E-state index is -0.724. The molecule has 1 atom stereocenters. The van der Waals surface area contributed by atoms with Crippen LogP contribution in [-0.2, 0) is 28.0 Å². The smallest absolute Gasteiger partial charge is 0.309 e. The lowest BCUT2D eigenvalue weighted by Crippen LogP contribution is -2.49. The van der Waals surface area contributed by atoms with Crippen LogP contribution in [0, 0.1) is 5.92 Å². The summed E-state index contributed by atoms with van der Waals surface area (Å²) < 4.78 is 5.53. The van der Waals surface area contributed by atoms with Gasteiger partial charge in [-0.1, -0.05) is 41.9 Å². The fraction of sp³-hybridized carbons (Fsp3) is 0.423. The average molecular weight is 461 g/mol. The number of hydrogen-bond acceptors (Lipinski definition) is 7. The molecule has 1 saturated carbocycles. The highest BCUT2D eigenvalue weighted by Gasteiger charge is 2.42. The zero-order valence-electron chi connectivity index (χ0n) is 19.0. The third-order valence-corrected chi connectivity index (χ3v) is 7.10. The van der Waals surface area contributed by atoms with E-state index in [4.69, 9.17) is 9.63 Å². The predicted octanol–water partition coefficient (Wildman–Crippen LogP) is 3.66. The molecule has 1 aromatic carbocycles. The Bertz CT molecular complexity index is 1160. The SMILES string of the molecule is O=C(O)C1CN(Cc2ccc(-c3noc(CCC4(c5ccccn5)CCCCC4=O)n3)cc2)C1. The van der Waals surface area contributed by atoms with Crippen molar-refractivity contribution in [1.82, 2.24) is 20.0 Å². The highest BCUT2D eigenvalue weighted by molar-refractivity contribution is 5.90. The molecule has 0 radical (unpaired) electrons. The number of carboxylic acid groups (broad SMARTS) is 1. The first-order chi connectivity index (χ1) is 16.5. The Morgan fingerprint density at radius 1 is 1.15 bits per heavy atom. The molecule has 3 aromatic rings. The lowest BCUT2D eigenvalue weighted by molar-refractivity contribution is -0.147. The number of nitrogens with zero attached hydrogens (tertiary/aromatic N) is 4. The molecule has 1 saturated heterocycles. The molecule has 0 spiro atoms. The van der Waals surface area contributed by atoms with Crippen molar-refractivity contribution >= 4 is 11.8 Å². The average Bonchev–Trinajstić information content (AvgIpc) is 3.31. The molecule has 2 fully saturated rings. The van der Waals surface area contributed by atoms with E-state index in [1.54, 1.807) is 6.20 Å². The van der Waals surface area contributed by atoms with Gasteiger partial charge in [-0.15, -0.1) is 0 Å². The Morgan fingerprint density at radius 3 is 2.68 bits per heavy atom. The quantitative estimate of drug-likeness (QED) is 0.542. The fourth-order valence-electron chi connectivity index (χ4n) is 5.07. The van der Waals surface area contributed by atoms with E-state index >= 15 is 0 Å². The standard InChI is InChI=1S/C26H28N4O4/c31-22-6-1-3-12-26(22,21-5-2-4-14-27-21)13-11-23-28-24(29-34-23)19-9-7-18(8-10-19)15-30-16-20(17-30)25(32)33/h2,4-5,7-10,14,20H,1,3,6,11-13,15-17H2,(H,32,33). The van der Waals surface area contributed by atoms with Crippen molar-refractivity contribution in [2.24, 2.45) is 5.92 Å². The number of Topliss-reactive ketones (excluding diaryl/α,β-unsaturated/α-hetero) is 1. The summed E-state index contributed by atoms with van der Waals surface area (Å²) in [6, 6.07) is 13.7. The number of carboxylic acids is 1. The maximum Gasteiger partial charge on any atom is 0.309 e. The van der Waals surface area contributed by atoms with E-state index < -0.39 is 11.4 Å². The van der Waals surface area contributed by atoms with Crippen molar-refractivity contribution in [3.05, 3.63) is 65.8 Å². The minimum absolute atomic E-state index is 0.252. The molecule has 8 nitrogen and oxygen atoms in total. The van der Waals surface area contributed by atoms with E-state index in [1.165, 1.54) is 0 Å². The highest BCUT2D eigenvalue weighted by Crippen LogP contribution is 2.39. The summed E-state index contributed by atoms with van der Waals surface area (Å²) >= 11 is 0. The summed E-state index contributed by atoms with van der Waals surface area (Å²) in [6.07, 6.45) is 6.22. The molecular weight excluding hydrogens is 432 g/mol. The molecule has 3 heterocycles. The van der Waals surface area contributed by atoms with Gasteiger partial charge in [0.15, 0.2) is 0 Å². The molecular formula is C26H28N4O4. The molecule has 34 heavy (non-hydrogen) atoms. The first-order valence-corrected chi connectivity index (χ1v) is 11.9. The second-order valence-electron chi connectivity index (χ2n) is 9.37. The number of benzene rings is 1. The van der Waals surface area contributed by atoms with Gasteiger partial charge >= 0.3 is 5.97 Å². The normalized spacial score (nSPS) is 21.4. The third kappa shape index (κ3) is 4.50. The molecule has 1 aliphatic carbocycles. The lowest BCUT2D eigenvalue weighted by atomic mass is 9.68. The summed E-state index contributed by atoms with van der Waals surface area (Å²) in [6.45, 7) is 1.91. The Labute approximate surface area is 198 Å². The number of carbonyl (C=O) groups is 2. The first kappa shape index (κ1) is 22.4. The van der Waals surface area contributed by atoms with E-state index in [2.05, 4.69) is 20.0 Å². The molecule has 1 N–H and O–H groups in total. The first-order valence-electron chi connectivity index (χ1n) is 11.9. The van der Waals surface area contributed by atoms with Crippen LogP contribution in [0.15, 0.2) is 53.2 Å². The number of pyridine rings is 1. The van der Waals surface area contributed by atoms with Crippen LogP contribution in [0.1, 0.15) is 49.3 Å². The van der Waals surface area contributed by atoms with E-state index in [0.717, 1.165) is 42.6 Å². The van der Waals surface area contributed by atoms with Gasteiger partial charge in [0, 0.05) is 44.2 Å². The number of rotatable bonds is 8. The molecule has 0 bridgehead atoms. The van der Waals surface area contributed by atoms with Crippen molar-refractivity contribution in [3.8, 4) is 11.4 Å². The van der Waals surface area contributed by atoms with Crippen LogP contribution in [0.4, 0.5) is 0 Å². The maximum atomic E-state index is 13.0. The number of aromatic nitrogens is 3. The number of carbonyl (C=O) groups excluding carboxylic acids is 1. The number of aryl methyl sites for hydroxylation is 1. The van der Waals surface area contributed by atoms with Gasteiger partial charge in [0.05, 0.1) is 17.0 Å². The molecule has 5 rings (SSSR count). The number of hydrogen-bond donors (Lipinski definition) is 1. The lowest BCUT2D eigenvalue weighted by Gasteiger charge is -2.36. The molecule has 8 heteroatoms. The molecule has 1 unspecified atom stereocenters. The minimum Gasteiger partial charge on any atom is -0.481 e. The van der Waals surface area contributed by atoms with Gasteiger partial charge in [-0.25, -0.2) is 0 Å². The summed E-state index contributed by atoms with van der Waals surface area (Å²) in [7, 11) is 0. The second kappa shape index (κ2) is 9.46. The Kier molecular flexibility index (Phi) is 6.24. The van der Waals surface area contributed by atoms with Crippen molar-refractivity contribution in [2.45, 2.75) is 50.5 Å². The van der Waals surface area contributed by atoms with Gasteiger partial charge in [0.1, 0.15) is 5.78 Å². The summed E-state index contributed by atoms with van der Waals surface area (Å²) in [4.78, 5) is 35.2. The molecule has 0 amide bonds. The number of ketones is 1. The second-order valence-corrected chi connectivity index (χ2v) is 9.37. The molecule has 176 valence electrons. The zero-order valence-corrected chi connectivity index (χ0v) is 19.0. The van der Waals surface area contributed by atoms with E-state index in [-0.39, 0.29) is 11.7 Å². The van der Waals surface area contributed by atoms with Crippen molar-refractivity contribution in [3.63, 3.8) is 0 Å². The zero-order chi connectivity index (χ0) is 23.5. The largest absolute Gasteiger partial charge is 0.481 e. The Balaban J connectivity index is 1.23. The van der Waals surface area contributed by atoms with Crippen LogP contribution in [0.2, 0.25) is 0 Å². The van der Waals surface area contributed by atoms with Gasteiger partial charge in [0.2, 0.25) is 11.7 Å². The Morgan fingerprint density at radius 2 is 1.97 bits per heavy atom. The van der Waals surface area contributed by atoms with Crippen LogP contribution >= 0.6 is 0 Å². The molecule has 1 aliphatic heterocycles. The van der Waals surface area contributed by atoms with Gasteiger partial charge in [-0.05, 0) is 37.0 Å². The Hall–Kier alpha value is -3.39. The molecule has 2 aromatic heterocycles. The van der Waals surface area contributed by atoms with Crippen molar-refractivity contribution < 1.29 is 19.2 Å².